The summed E-state index contributed by atoms with van der Waals surface area (Å²) < 4.78 is 7.42. The van der Waals surface area contributed by atoms with E-state index in [1.54, 1.807) is 49.0 Å². The Hall–Kier alpha value is -2.90. The maximum Gasteiger partial charge on any atom is 0.368 e. The first kappa shape index (κ1) is 18.9. The summed E-state index contributed by atoms with van der Waals surface area (Å²) >= 11 is 11.7. The van der Waals surface area contributed by atoms with Gasteiger partial charge in [-0.15, -0.1) is 0 Å². The smallest absolute Gasteiger partial charge is 0.368 e. The summed E-state index contributed by atoms with van der Waals surface area (Å²) in [6, 6.07) is 9.97. The lowest BCUT2D eigenvalue weighted by atomic mass is 10.3. The van der Waals surface area contributed by atoms with Crippen LogP contribution in [0.15, 0.2) is 47.8 Å². The number of aryl methyl sites for hydroxylation is 2. The fourth-order valence-corrected chi connectivity index (χ4v) is 2.57. The summed E-state index contributed by atoms with van der Waals surface area (Å²) in [5, 5.41) is 8.68. The van der Waals surface area contributed by atoms with E-state index in [2.05, 4.69) is 15.2 Å². The summed E-state index contributed by atoms with van der Waals surface area (Å²) in [7, 11) is 1.73. The minimum absolute atomic E-state index is 0.0435. The summed E-state index contributed by atoms with van der Waals surface area (Å²) in [5.41, 5.74) is 1.34. The minimum atomic E-state index is -0.717. The molecule has 0 aliphatic heterocycles. The summed E-state index contributed by atoms with van der Waals surface area (Å²) in [6.07, 6.45) is 2.83. The number of nitrogens with zero attached hydrogens (tertiary/aromatic N) is 4. The van der Waals surface area contributed by atoms with E-state index in [1.807, 2.05) is 0 Å². The van der Waals surface area contributed by atoms with Crippen molar-refractivity contribution in [3.05, 3.63) is 69.6 Å². The zero-order chi connectivity index (χ0) is 19.4. The molecule has 0 unspecified atom stereocenters. The number of carbonyl (C=O) groups is 1. The van der Waals surface area contributed by atoms with Crippen molar-refractivity contribution in [1.82, 2.24) is 14.8 Å². The van der Waals surface area contributed by atoms with Crippen molar-refractivity contribution in [2.75, 3.05) is 0 Å². The van der Waals surface area contributed by atoms with Gasteiger partial charge in [0, 0.05) is 18.3 Å². The predicted octanol–water partition coefficient (Wildman–Crippen LogP) is 4.41. The van der Waals surface area contributed by atoms with Crippen LogP contribution >= 0.6 is 23.2 Å². The molecule has 2 aromatic heterocycles. The topological polar surface area (TPSA) is 78.6 Å². The van der Waals surface area contributed by atoms with E-state index in [1.165, 1.54) is 18.5 Å². The van der Waals surface area contributed by atoms with Gasteiger partial charge < -0.3 is 9.57 Å². The van der Waals surface area contributed by atoms with E-state index in [-0.39, 0.29) is 10.7 Å². The number of hydrogen-bond donors (Lipinski definition) is 0. The summed E-state index contributed by atoms with van der Waals surface area (Å²) in [4.78, 5) is 20.7. The van der Waals surface area contributed by atoms with E-state index in [9.17, 15) is 4.79 Å². The molecule has 1 aromatic carbocycles. The Balaban J connectivity index is 1.78. The number of aromatic nitrogens is 3. The van der Waals surface area contributed by atoms with Crippen molar-refractivity contribution in [2.24, 2.45) is 12.2 Å². The highest BCUT2D eigenvalue weighted by Gasteiger charge is 2.16. The van der Waals surface area contributed by atoms with Gasteiger partial charge in [0.15, 0.2) is 0 Å². The molecule has 0 saturated carbocycles. The van der Waals surface area contributed by atoms with Crippen molar-refractivity contribution in [2.45, 2.75) is 6.92 Å². The quantitative estimate of drug-likeness (QED) is 0.272. The molecule has 0 amide bonds. The highest BCUT2D eigenvalue weighted by atomic mass is 35.5. The van der Waals surface area contributed by atoms with E-state index in [4.69, 9.17) is 32.8 Å². The molecule has 0 aliphatic rings. The van der Waals surface area contributed by atoms with Gasteiger partial charge in [0.25, 0.3) is 0 Å². The average molecular weight is 405 g/mol. The third-order valence-corrected chi connectivity index (χ3v) is 4.09. The van der Waals surface area contributed by atoms with Gasteiger partial charge in [-0.1, -0.05) is 28.4 Å². The lowest BCUT2D eigenvalue weighted by Gasteiger charge is -2.07. The van der Waals surface area contributed by atoms with Gasteiger partial charge in [0.05, 0.1) is 23.0 Å². The van der Waals surface area contributed by atoms with Crippen LogP contribution in [0.1, 0.15) is 21.6 Å². The number of hydrogen-bond acceptors (Lipinski definition) is 6. The molecule has 0 aliphatic carbocycles. The highest BCUT2D eigenvalue weighted by molar-refractivity contribution is 6.32. The number of ether oxygens (including phenoxy) is 1. The van der Waals surface area contributed by atoms with Crippen LogP contribution in [0.3, 0.4) is 0 Å². The normalized spacial score (nSPS) is 11.0. The van der Waals surface area contributed by atoms with E-state index in [0.29, 0.717) is 27.9 Å². The van der Waals surface area contributed by atoms with Gasteiger partial charge in [-0.3, -0.25) is 0 Å². The van der Waals surface area contributed by atoms with Crippen molar-refractivity contribution in [1.29, 1.82) is 0 Å². The van der Waals surface area contributed by atoms with Crippen LogP contribution in [0.2, 0.25) is 10.2 Å². The van der Waals surface area contributed by atoms with E-state index >= 15 is 0 Å². The SMILES string of the molecule is Cc1nn(C)c(Oc2ccc(Cl)cc2)c1/C=N/OC(=O)c1cccnc1Cl. The number of carbonyl (C=O) groups excluding carboxylic acids is 1. The van der Waals surface area contributed by atoms with E-state index in [0.717, 1.165) is 0 Å². The van der Waals surface area contributed by atoms with Crippen molar-refractivity contribution < 1.29 is 14.4 Å². The maximum absolute atomic E-state index is 12.0. The Kier molecular flexibility index (Phi) is 5.73. The van der Waals surface area contributed by atoms with Crippen LogP contribution in [0.5, 0.6) is 11.6 Å². The standard InChI is InChI=1S/C18H14Cl2N4O3/c1-11-15(10-22-27-18(25)14-4-3-9-21-16(14)20)17(24(2)23-11)26-13-7-5-12(19)6-8-13/h3-10H,1-2H3/b22-10+. The second-order valence-corrected chi connectivity index (χ2v) is 6.23. The summed E-state index contributed by atoms with van der Waals surface area (Å²) in [5.74, 6) is 0.302. The molecular weight excluding hydrogens is 391 g/mol. The van der Waals surface area contributed by atoms with Gasteiger partial charge in [-0.05, 0) is 43.3 Å². The van der Waals surface area contributed by atoms with Crippen LogP contribution in [0.25, 0.3) is 0 Å². The number of pyridine rings is 1. The van der Waals surface area contributed by atoms with Gasteiger partial charge in [-0.25, -0.2) is 14.5 Å². The fourth-order valence-electron chi connectivity index (χ4n) is 2.25. The Labute approximate surface area is 165 Å². The van der Waals surface area contributed by atoms with Crippen LogP contribution in [-0.2, 0) is 11.9 Å². The number of benzene rings is 1. The monoisotopic (exact) mass is 404 g/mol. The Bertz CT molecular complexity index is 1000. The molecule has 0 saturated heterocycles. The van der Waals surface area contributed by atoms with Crippen LogP contribution in [0.4, 0.5) is 0 Å². The molecule has 3 rings (SSSR count). The molecule has 2 heterocycles. The Morgan fingerprint density at radius 3 is 2.67 bits per heavy atom. The fraction of sp³-hybridized carbons (Fsp3) is 0.111. The highest BCUT2D eigenvalue weighted by Crippen LogP contribution is 2.27. The Morgan fingerprint density at radius 1 is 1.22 bits per heavy atom. The lowest BCUT2D eigenvalue weighted by molar-refractivity contribution is 0.0519. The molecule has 27 heavy (non-hydrogen) atoms. The molecule has 0 spiro atoms. The zero-order valence-corrected chi connectivity index (χ0v) is 15.9. The molecule has 0 bridgehead atoms. The lowest BCUT2D eigenvalue weighted by Crippen LogP contribution is -2.03. The third kappa shape index (κ3) is 4.45. The largest absolute Gasteiger partial charge is 0.439 e. The molecule has 138 valence electrons. The van der Waals surface area contributed by atoms with Crippen LogP contribution in [0, 0.1) is 6.92 Å². The molecule has 0 radical (unpaired) electrons. The van der Waals surface area contributed by atoms with Gasteiger partial charge >= 0.3 is 5.97 Å². The first-order chi connectivity index (χ1) is 13.0. The third-order valence-electron chi connectivity index (χ3n) is 3.54. The average Bonchev–Trinajstić information content (AvgIpc) is 2.90. The predicted molar refractivity (Wildman–Crippen MR) is 102 cm³/mol. The van der Waals surface area contributed by atoms with E-state index < -0.39 is 5.97 Å². The molecular formula is C18H14Cl2N4O3. The van der Waals surface area contributed by atoms with Crippen LogP contribution < -0.4 is 4.74 Å². The molecule has 7 nitrogen and oxygen atoms in total. The maximum atomic E-state index is 12.0. The number of rotatable bonds is 5. The van der Waals surface area contributed by atoms with Gasteiger partial charge in [-0.2, -0.15) is 5.10 Å². The first-order valence-corrected chi connectivity index (χ1v) is 8.53. The van der Waals surface area contributed by atoms with Crippen molar-refractivity contribution >= 4 is 35.4 Å². The molecule has 0 fully saturated rings. The first-order valence-electron chi connectivity index (χ1n) is 7.78. The van der Waals surface area contributed by atoms with Crippen molar-refractivity contribution in [3.63, 3.8) is 0 Å². The van der Waals surface area contributed by atoms with Crippen LogP contribution in [-0.4, -0.2) is 26.9 Å². The van der Waals surface area contributed by atoms with Gasteiger partial charge in [0.1, 0.15) is 10.9 Å². The zero-order valence-electron chi connectivity index (χ0n) is 14.4. The van der Waals surface area contributed by atoms with Crippen molar-refractivity contribution in [3.8, 4) is 11.6 Å². The molecule has 3 aromatic rings. The Morgan fingerprint density at radius 2 is 1.96 bits per heavy atom. The van der Waals surface area contributed by atoms with Gasteiger partial charge in [0.2, 0.25) is 5.88 Å². The molecule has 9 heteroatoms. The second-order valence-electron chi connectivity index (χ2n) is 5.44. The molecule has 0 N–H and O–H groups in total. The summed E-state index contributed by atoms with van der Waals surface area (Å²) in [6.45, 7) is 1.79. The molecule has 0 atom stereocenters. The minimum Gasteiger partial charge on any atom is -0.439 e. The number of oxime groups is 1. The number of halogens is 2. The second kappa shape index (κ2) is 8.20.